The number of halogens is 2. The van der Waals surface area contributed by atoms with E-state index in [1.165, 1.54) is 0 Å². The summed E-state index contributed by atoms with van der Waals surface area (Å²) in [6, 6.07) is 0. The van der Waals surface area contributed by atoms with E-state index in [-0.39, 0.29) is 11.8 Å². The molecular weight excluding hydrogens is 224 g/mol. The minimum atomic E-state index is -0.871. The monoisotopic (exact) mass is 229 g/mol. The molecule has 0 spiro atoms. The van der Waals surface area contributed by atoms with Gasteiger partial charge in [-0.25, -0.2) is 4.39 Å². The van der Waals surface area contributed by atoms with Gasteiger partial charge in [-0.15, -0.1) is 0 Å². The molecule has 8 heavy (non-hydrogen) atoms. The van der Waals surface area contributed by atoms with Crippen molar-refractivity contribution in [3.8, 4) is 0 Å². The Morgan fingerprint density at radius 1 is 1.88 bits per heavy atom. The van der Waals surface area contributed by atoms with Crippen LogP contribution in [0.15, 0.2) is 0 Å². The number of amides is 1. The van der Waals surface area contributed by atoms with E-state index in [1.54, 1.807) is 22.9 Å². The van der Waals surface area contributed by atoms with Gasteiger partial charge in [0.05, 0.1) is 28.8 Å². The molecule has 1 aliphatic carbocycles. The van der Waals surface area contributed by atoms with Crippen molar-refractivity contribution < 1.29 is 9.18 Å². The Hall–Kier alpha value is 0.130. The van der Waals surface area contributed by atoms with E-state index in [2.05, 4.69) is 3.53 Å². The molecule has 0 radical (unpaired) electrons. The predicted molar refractivity (Wildman–Crippen MR) is 35.2 cm³/mol. The first-order valence-corrected chi connectivity index (χ1v) is 3.38. The molecule has 2 atom stereocenters. The Balaban J connectivity index is 2.28. The molecule has 1 amide bonds. The molecule has 0 aliphatic heterocycles. The van der Waals surface area contributed by atoms with Crippen LogP contribution < -0.4 is 3.53 Å². The van der Waals surface area contributed by atoms with Crippen molar-refractivity contribution in [2.75, 3.05) is 0 Å². The molecule has 0 aromatic carbocycles. The number of hydrogen-bond donors (Lipinski definition) is 1. The lowest BCUT2D eigenvalue weighted by molar-refractivity contribution is -0.120. The fourth-order valence-electron chi connectivity index (χ4n) is 0.505. The molecular formula is C4H5FINO. The molecule has 1 rings (SSSR count). The fourth-order valence-corrected chi connectivity index (χ4v) is 0.905. The summed E-state index contributed by atoms with van der Waals surface area (Å²) in [6.45, 7) is 0. The largest absolute Gasteiger partial charge is 0.298 e. The second-order valence-corrected chi connectivity index (χ2v) is 2.36. The molecule has 0 aromatic rings. The number of carbonyl (C=O) groups is 1. The van der Waals surface area contributed by atoms with E-state index in [0.717, 1.165) is 0 Å². The third kappa shape index (κ3) is 1.10. The van der Waals surface area contributed by atoms with E-state index >= 15 is 0 Å². The minimum Gasteiger partial charge on any atom is -0.298 e. The molecule has 0 bridgehead atoms. The smallest absolute Gasteiger partial charge is 0.234 e. The lowest BCUT2D eigenvalue weighted by Gasteiger charge is -1.88. The second-order valence-electron chi connectivity index (χ2n) is 1.82. The van der Waals surface area contributed by atoms with Gasteiger partial charge in [0.1, 0.15) is 6.17 Å². The van der Waals surface area contributed by atoms with Crippen LogP contribution >= 0.6 is 22.9 Å². The van der Waals surface area contributed by atoms with E-state index in [1.807, 2.05) is 0 Å². The van der Waals surface area contributed by atoms with Gasteiger partial charge in [-0.3, -0.25) is 8.32 Å². The molecule has 0 saturated heterocycles. The highest BCUT2D eigenvalue weighted by Gasteiger charge is 2.43. The first kappa shape index (κ1) is 6.25. The van der Waals surface area contributed by atoms with Crippen molar-refractivity contribution in [1.29, 1.82) is 0 Å². The van der Waals surface area contributed by atoms with Crippen molar-refractivity contribution in [1.82, 2.24) is 3.53 Å². The molecule has 1 saturated carbocycles. The Labute approximate surface area is 60.3 Å². The summed E-state index contributed by atoms with van der Waals surface area (Å²) < 4.78 is 14.3. The highest BCUT2D eigenvalue weighted by atomic mass is 127. The highest BCUT2D eigenvalue weighted by molar-refractivity contribution is 14.1. The van der Waals surface area contributed by atoms with Crippen LogP contribution in [0.3, 0.4) is 0 Å². The Kier molecular flexibility index (Phi) is 1.69. The zero-order valence-corrected chi connectivity index (χ0v) is 6.18. The number of hydrogen-bond acceptors (Lipinski definition) is 1. The Morgan fingerprint density at radius 2 is 2.38 bits per heavy atom. The molecule has 0 unspecified atom stereocenters. The van der Waals surface area contributed by atoms with Crippen molar-refractivity contribution >= 4 is 28.8 Å². The summed E-state index contributed by atoms with van der Waals surface area (Å²) in [5.41, 5.74) is 0. The van der Waals surface area contributed by atoms with Gasteiger partial charge in [-0.05, 0) is 6.42 Å². The molecule has 2 nitrogen and oxygen atoms in total. The lowest BCUT2D eigenvalue weighted by atomic mass is 10.4. The zero-order valence-electron chi connectivity index (χ0n) is 4.03. The summed E-state index contributed by atoms with van der Waals surface area (Å²) in [4.78, 5) is 10.4. The van der Waals surface area contributed by atoms with Crippen LogP contribution in [0, 0.1) is 5.92 Å². The van der Waals surface area contributed by atoms with E-state index < -0.39 is 6.17 Å². The molecule has 4 heteroatoms. The number of alkyl halides is 1. The Bertz CT molecular complexity index is 119. The fraction of sp³-hybridized carbons (Fsp3) is 0.750. The third-order valence-electron chi connectivity index (χ3n) is 1.14. The normalized spacial score (nSPS) is 34.2. The van der Waals surface area contributed by atoms with Crippen LogP contribution in [-0.2, 0) is 4.79 Å². The second kappa shape index (κ2) is 2.16. The van der Waals surface area contributed by atoms with Crippen LogP contribution in [0.5, 0.6) is 0 Å². The van der Waals surface area contributed by atoms with Gasteiger partial charge in [0.15, 0.2) is 0 Å². The standard InChI is InChI=1S/C4H5FINO/c5-3-1-2(3)4(8)7-6/h2-3H,1H2,(H,7,8)/t2-,3+/m1/s1. The van der Waals surface area contributed by atoms with Crippen molar-refractivity contribution in [2.45, 2.75) is 12.6 Å². The van der Waals surface area contributed by atoms with Crippen LogP contribution in [0.25, 0.3) is 0 Å². The van der Waals surface area contributed by atoms with Gasteiger partial charge in [-0.2, -0.15) is 0 Å². The van der Waals surface area contributed by atoms with E-state index in [0.29, 0.717) is 6.42 Å². The third-order valence-corrected chi connectivity index (χ3v) is 1.67. The maximum atomic E-state index is 11.9. The quantitative estimate of drug-likeness (QED) is 0.523. The zero-order chi connectivity index (χ0) is 6.15. The van der Waals surface area contributed by atoms with Crippen LogP contribution in [0.4, 0.5) is 4.39 Å². The first-order valence-electron chi connectivity index (χ1n) is 2.30. The number of nitrogens with one attached hydrogen (secondary N) is 1. The molecule has 1 N–H and O–H groups in total. The van der Waals surface area contributed by atoms with E-state index in [9.17, 15) is 9.18 Å². The van der Waals surface area contributed by atoms with Crippen molar-refractivity contribution in [3.63, 3.8) is 0 Å². The first-order chi connectivity index (χ1) is 3.75. The summed E-state index contributed by atoms with van der Waals surface area (Å²) in [7, 11) is 0. The van der Waals surface area contributed by atoms with Gasteiger partial charge in [0.2, 0.25) is 5.91 Å². The molecule has 1 aliphatic rings. The number of rotatable bonds is 1. The van der Waals surface area contributed by atoms with Gasteiger partial charge in [0, 0.05) is 0 Å². The van der Waals surface area contributed by atoms with Crippen LogP contribution in [0.1, 0.15) is 6.42 Å². The number of carbonyl (C=O) groups excluding carboxylic acids is 1. The predicted octanol–water partition coefficient (Wildman–Crippen LogP) is 0.811. The van der Waals surface area contributed by atoms with Crippen LogP contribution in [-0.4, -0.2) is 12.1 Å². The van der Waals surface area contributed by atoms with Gasteiger partial charge < -0.3 is 0 Å². The van der Waals surface area contributed by atoms with E-state index in [4.69, 9.17) is 0 Å². The minimum absolute atomic E-state index is 0.182. The maximum absolute atomic E-state index is 11.9. The summed E-state index contributed by atoms with van der Waals surface area (Å²) >= 11 is 1.71. The summed E-state index contributed by atoms with van der Waals surface area (Å²) in [5, 5.41) is 0. The van der Waals surface area contributed by atoms with Gasteiger partial charge in [0.25, 0.3) is 0 Å². The molecule has 46 valence electrons. The average Bonchev–Trinajstić information content (AvgIpc) is 2.45. The molecule has 0 aromatic heterocycles. The maximum Gasteiger partial charge on any atom is 0.234 e. The highest BCUT2D eigenvalue weighted by Crippen LogP contribution is 2.33. The topological polar surface area (TPSA) is 29.1 Å². The SMILES string of the molecule is O=C(NI)[C@@H]1C[C@@H]1F. The Morgan fingerprint density at radius 3 is 2.50 bits per heavy atom. The van der Waals surface area contributed by atoms with Crippen molar-refractivity contribution in [2.24, 2.45) is 5.92 Å². The van der Waals surface area contributed by atoms with Crippen molar-refractivity contribution in [3.05, 3.63) is 0 Å². The molecule has 0 heterocycles. The van der Waals surface area contributed by atoms with Crippen LogP contribution in [0.2, 0.25) is 0 Å². The van der Waals surface area contributed by atoms with Gasteiger partial charge >= 0.3 is 0 Å². The average molecular weight is 229 g/mol. The molecule has 1 fully saturated rings. The summed E-state index contributed by atoms with van der Waals surface area (Å²) in [6.07, 6.45) is -0.459. The van der Waals surface area contributed by atoms with Gasteiger partial charge in [-0.1, -0.05) is 0 Å². The lowest BCUT2D eigenvalue weighted by Crippen LogP contribution is -2.14. The summed E-state index contributed by atoms with van der Waals surface area (Å²) in [5.74, 6) is -0.523.